The average Bonchev–Trinajstić information content (AvgIpc) is 2.84. The molecule has 0 unspecified atom stereocenters. The van der Waals surface area contributed by atoms with E-state index in [0.29, 0.717) is 0 Å². The third-order valence-electron chi connectivity index (χ3n) is 4.05. The van der Waals surface area contributed by atoms with Crippen LogP contribution in [0, 0.1) is 5.92 Å². The van der Waals surface area contributed by atoms with Crippen LogP contribution in [0.5, 0.6) is 0 Å². The van der Waals surface area contributed by atoms with Crippen molar-refractivity contribution in [2.45, 2.75) is 44.6 Å². The second-order valence-corrected chi connectivity index (χ2v) is 6.19. The number of aromatic nitrogens is 3. The van der Waals surface area contributed by atoms with E-state index in [9.17, 15) is 0 Å². The summed E-state index contributed by atoms with van der Waals surface area (Å²) in [6.45, 7) is 2.26. The van der Waals surface area contributed by atoms with Crippen LogP contribution in [0.25, 0.3) is 10.5 Å². The largest absolute Gasteiger partial charge is 0.319 e. The Hall–Kier alpha value is -1.07. The molecule has 0 bridgehead atoms. The average molecular weight is 262 g/mol. The van der Waals surface area contributed by atoms with Crippen molar-refractivity contribution in [2.75, 3.05) is 0 Å². The highest BCUT2D eigenvalue weighted by molar-refractivity contribution is 7.18. The van der Waals surface area contributed by atoms with Gasteiger partial charge in [-0.1, -0.05) is 24.7 Å². The molecule has 1 fully saturated rings. The number of hydrogen-bond donors (Lipinski definition) is 1. The van der Waals surface area contributed by atoms with Gasteiger partial charge in [-0.15, -0.1) is 0 Å². The van der Waals surface area contributed by atoms with E-state index in [-0.39, 0.29) is 5.54 Å². The molecule has 2 aromatic heterocycles. The predicted molar refractivity (Wildman–Crippen MR) is 73.3 cm³/mol. The molecule has 4 nitrogen and oxygen atoms in total. The summed E-state index contributed by atoms with van der Waals surface area (Å²) in [5.74, 6) is 0.840. The number of thiazole rings is 1. The molecule has 3 rings (SSSR count). The zero-order valence-electron chi connectivity index (χ0n) is 10.6. The highest BCUT2D eigenvalue weighted by atomic mass is 32.1. The van der Waals surface area contributed by atoms with Gasteiger partial charge in [-0.3, -0.25) is 0 Å². The van der Waals surface area contributed by atoms with E-state index in [2.05, 4.69) is 21.9 Å². The van der Waals surface area contributed by atoms with Gasteiger partial charge in [0.2, 0.25) is 0 Å². The van der Waals surface area contributed by atoms with Crippen molar-refractivity contribution in [1.29, 1.82) is 0 Å². The highest BCUT2D eigenvalue weighted by Gasteiger charge is 2.35. The summed E-state index contributed by atoms with van der Waals surface area (Å²) in [7, 11) is 0. The van der Waals surface area contributed by atoms with E-state index in [1.807, 2.05) is 0 Å². The van der Waals surface area contributed by atoms with E-state index in [0.717, 1.165) is 34.2 Å². The van der Waals surface area contributed by atoms with E-state index in [1.54, 1.807) is 23.7 Å². The van der Waals surface area contributed by atoms with Crippen LogP contribution in [0.2, 0.25) is 0 Å². The standard InChI is InChI=1S/C13H18N4S/c1-2-9-3-5-13(14,6-4-9)12-17-10-11(18-12)16-8-7-15-10/h7-9H,2-6,14H2,1H3. The molecule has 2 N–H and O–H groups in total. The quantitative estimate of drug-likeness (QED) is 0.903. The zero-order chi connectivity index (χ0) is 12.6. The molecule has 5 heteroatoms. The molecular weight excluding hydrogens is 244 g/mol. The summed E-state index contributed by atoms with van der Waals surface area (Å²) < 4.78 is 0. The molecular formula is C13H18N4S. The lowest BCUT2D eigenvalue weighted by molar-refractivity contribution is 0.231. The van der Waals surface area contributed by atoms with Gasteiger partial charge in [-0.2, -0.15) is 0 Å². The van der Waals surface area contributed by atoms with Gasteiger partial charge in [-0.25, -0.2) is 15.0 Å². The zero-order valence-corrected chi connectivity index (χ0v) is 11.4. The Morgan fingerprint density at radius 1 is 1.33 bits per heavy atom. The molecule has 0 saturated heterocycles. The normalized spacial score (nSPS) is 28.7. The lowest BCUT2D eigenvalue weighted by atomic mass is 9.76. The van der Waals surface area contributed by atoms with Crippen molar-refractivity contribution in [1.82, 2.24) is 15.0 Å². The van der Waals surface area contributed by atoms with Gasteiger partial charge >= 0.3 is 0 Å². The van der Waals surface area contributed by atoms with Crippen molar-refractivity contribution in [3.8, 4) is 0 Å². The topological polar surface area (TPSA) is 64.7 Å². The lowest BCUT2D eigenvalue weighted by Gasteiger charge is -2.35. The first-order chi connectivity index (χ1) is 8.71. The number of hydrogen-bond acceptors (Lipinski definition) is 5. The Morgan fingerprint density at radius 3 is 2.72 bits per heavy atom. The maximum absolute atomic E-state index is 6.55. The fraction of sp³-hybridized carbons (Fsp3) is 0.615. The second-order valence-electron chi connectivity index (χ2n) is 5.21. The fourth-order valence-corrected chi connectivity index (χ4v) is 3.73. The van der Waals surface area contributed by atoms with E-state index >= 15 is 0 Å². The van der Waals surface area contributed by atoms with Crippen molar-refractivity contribution in [3.63, 3.8) is 0 Å². The van der Waals surface area contributed by atoms with Crippen LogP contribution >= 0.6 is 11.3 Å². The monoisotopic (exact) mass is 262 g/mol. The summed E-state index contributed by atoms with van der Waals surface area (Å²) in [6.07, 6.45) is 9.15. The van der Waals surface area contributed by atoms with Crippen LogP contribution in [0.1, 0.15) is 44.0 Å². The molecule has 1 aliphatic carbocycles. The smallest absolute Gasteiger partial charge is 0.189 e. The van der Waals surface area contributed by atoms with Crippen LogP contribution in [-0.4, -0.2) is 15.0 Å². The predicted octanol–water partition coefficient (Wildman–Crippen LogP) is 2.84. The Morgan fingerprint density at radius 2 is 2.06 bits per heavy atom. The molecule has 1 aliphatic rings. The summed E-state index contributed by atoms with van der Waals surface area (Å²) >= 11 is 1.60. The van der Waals surface area contributed by atoms with Crippen molar-refractivity contribution in [3.05, 3.63) is 17.4 Å². The number of rotatable bonds is 2. The van der Waals surface area contributed by atoms with E-state index in [4.69, 9.17) is 5.73 Å². The van der Waals surface area contributed by atoms with Crippen molar-refractivity contribution < 1.29 is 0 Å². The summed E-state index contributed by atoms with van der Waals surface area (Å²) in [4.78, 5) is 14.0. The first kappa shape index (κ1) is 12.0. The minimum absolute atomic E-state index is 0.251. The van der Waals surface area contributed by atoms with Crippen LogP contribution < -0.4 is 5.73 Å². The van der Waals surface area contributed by atoms with Gasteiger partial charge in [0.1, 0.15) is 5.01 Å². The van der Waals surface area contributed by atoms with Gasteiger partial charge in [0, 0.05) is 12.4 Å². The van der Waals surface area contributed by atoms with Gasteiger partial charge < -0.3 is 5.73 Å². The summed E-state index contributed by atoms with van der Waals surface area (Å²) in [6, 6.07) is 0. The molecule has 0 radical (unpaired) electrons. The van der Waals surface area contributed by atoms with Crippen LogP contribution in [-0.2, 0) is 5.54 Å². The molecule has 0 aliphatic heterocycles. The molecule has 2 heterocycles. The minimum Gasteiger partial charge on any atom is -0.319 e. The molecule has 18 heavy (non-hydrogen) atoms. The first-order valence-corrected chi connectivity index (χ1v) is 7.40. The lowest BCUT2D eigenvalue weighted by Crippen LogP contribution is -2.40. The molecule has 96 valence electrons. The van der Waals surface area contributed by atoms with Gasteiger partial charge in [0.15, 0.2) is 10.5 Å². The summed E-state index contributed by atoms with van der Waals surface area (Å²) in [5.41, 5.74) is 7.04. The maximum Gasteiger partial charge on any atom is 0.189 e. The molecule has 0 atom stereocenters. The van der Waals surface area contributed by atoms with Gasteiger partial charge in [-0.05, 0) is 31.6 Å². The third kappa shape index (κ3) is 2.01. The molecule has 2 aromatic rings. The van der Waals surface area contributed by atoms with Crippen LogP contribution in [0.3, 0.4) is 0 Å². The van der Waals surface area contributed by atoms with Crippen molar-refractivity contribution >= 4 is 21.8 Å². The Balaban J connectivity index is 1.89. The van der Waals surface area contributed by atoms with Crippen LogP contribution in [0.15, 0.2) is 12.4 Å². The molecule has 0 aromatic carbocycles. The molecule has 0 spiro atoms. The summed E-state index contributed by atoms with van der Waals surface area (Å²) in [5, 5.41) is 1.01. The first-order valence-electron chi connectivity index (χ1n) is 6.58. The maximum atomic E-state index is 6.55. The van der Waals surface area contributed by atoms with E-state index in [1.165, 1.54) is 19.3 Å². The number of nitrogens with two attached hydrogens (primary N) is 1. The van der Waals surface area contributed by atoms with Gasteiger partial charge in [0.25, 0.3) is 0 Å². The Labute approximate surface area is 111 Å². The minimum atomic E-state index is -0.251. The highest BCUT2D eigenvalue weighted by Crippen LogP contribution is 2.40. The third-order valence-corrected chi connectivity index (χ3v) is 5.22. The Bertz CT molecular complexity index is 510. The fourth-order valence-electron chi connectivity index (χ4n) is 2.70. The number of fused-ring (bicyclic) bond motifs is 1. The number of nitrogens with zero attached hydrogens (tertiary/aromatic N) is 3. The van der Waals surface area contributed by atoms with Gasteiger partial charge in [0.05, 0.1) is 5.54 Å². The Kier molecular flexibility index (Phi) is 3.03. The molecule has 1 saturated carbocycles. The molecule has 0 amide bonds. The van der Waals surface area contributed by atoms with Crippen LogP contribution in [0.4, 0.5) is 0 Å². The van der Waals surface area contributed by atoms with Crippen molar-refractivity contribution in [2.24, 2.45) is 11.7 Å². The van der Waals surface area contributed by atoms with E-state index < -0.39 is 0 Å². The SMILES string of the molecule is CCC1CCC(N)(c2nc3nccnc3s2)CC1. The second kappa shape index (κ2) is 4.55.